The molecule has 1 heterocycles. The molecule has 0 bridgehead atoms. The van der Waals surface area contributed by atoms with Gasteiger partial charge in [0.1, 0.15) is 0 Å². The third kappa shape index (κ3) is 3.40. The number of thiol groups is 1. The van der Waals surface area contributed by atoms with Crippen LogP contribution in [0.1, 0.15) is 11.4 Å². The molecule has 0 unspecified atom stereocenters. The molecule has 1 rings (SSSR count). The fourth-order valence-corrected chi connectivity index (χ4v) is 1.35. The van der Waals surface area contributed by atoms with Gasteiger partial charge in [-0.05, 0) is 19.9 Å². The van der Waals surface area contributed by atoms with Crippen LogP contribution in [0.15, 0.2) is 6.07 Å². The van der Waals surface area contributed by atoms with Gasteiger partial charge in [0.2, 0.25) is 0 Å². The smallest absolute Gasteiger partial charge is 0.0663 e. The lowest BCUT2D eigenvalue weighted by Crippen LogP contribution is -2.09. The highest BCUT2D eigenvalue weighted by atomic mass is 32.1. The lowest BCUT2D eigenvalue weighted by Gasteiger charge is -2.04. The number of rotatable bonds is 5. The Hall–Kier alpha value is -0.480. The van der Waals surface area contributed by atoms with E-state index in [0.717, 1.165) is 18.0 Å². The largest absolute Gasteiger partial charge is 0.379 e. The van der Waals surface area contributed by atoms with E-state index in [4.69, 9.17) is 4.74 Å². The number of nitrogens with zero attached hydrogens (tertiary/aromatic N) is 2. The van der Waals surface area contributed by atoms with E-state index in [1.54, 1.807) is 0 Å². The molecule has 0 N–H and O–H groups in total. The van der Waals surface area contributed by atoms with Gasteiger partial charge in [0, 0.05) is 11.4 Å². The first-order chi connectivity index (χ1) is 6.24. The third-order valence-corrected chi connectivity index (χ3v) is 1.97. The van der Waals surface area contributed by atoms with Crippen molar-refractivity contribution in [2.45, 2.75) is 20.4 Å². The molecule has 0 aliphatic heterocycles. The van der Waals surface area contributed by atoms with Crippen molar-refractivity contribution in [3.05, 3.63) is 17.5 Å². The molecule has 3 nitrogen and oxygen atoms in total. The minimum absolute atomic E-state index is 0.711. The Balaban J connectivity index is 2.32. The van der Waals surface area contributed by atoms with Crippen molar-refractivity contribution in [1.29, 1.82) is 0 Å². The second kappa shape index (κ2) is 5.29. The van der Waals surface area contributed by atoms with Gasteiger partial charge in [0.25, 0.3) is 0 Å². The van der Waals surface area contributed by atoms with E-state index in [0.29, 0.717) is 13.2 Å². The van der Waals surface area contributed by atoms with Crippen molar-refractivity contribution in [3.63, 3.8) is 0 Å². The summed E-state index contributed by atoms with van der Waals surface area (Å²) in [6.07, 6.45) is 0. The summed E-state index contributed by atoms with van der Waals surface area (Å²) in [7, 11) is 0. The number of aryl methyl sites for hydroxylation is 2. The molecule has 0 aliphatic rings. The van der Waals surface area contributed by atoms with E-state index in [2.05, 4.69) is 30.7 Å². The summed E-state index contributed by atoms with van der Waals surface area (Å²) >= 11 is 4.06. The van der Waals surface area contributed by atoms with Crippen LogP contribution in [0, 0.1) is 13.8 Å². The fourth-order valence-electron chi connectivity index (χ4n) is 1.22. The van der Waals surface area contributed by atoms with Crippen LogP contribution in [0.2, 0.25) is 0 Å². The van der Waals surface area contributed by atoms with Crippen molar-refractivity contribution in [3.8, 4) is 0 Å². The minimum atomic E-state index is 0.711. The van der Waals surface area contributed by atoms with E-state index in [-0.39, 0.29) is 0 Å². The van der Waals surface area contributed by atoms with Crippen LogP contribution in [-0.4, -0.2) is 28.7 Å². The molecule has 1 aromatic rings. The van der Waals surface area contributed by atoms with Gasteiger partial charge in [-0.15, -0.1) is 0 Å². The molecule has 4 heteroatoms. The molecular weight excluding hydrogens is 184 g/mol. The van der Waals surface area contributed by atoms with Gasteiger partial charge in [-0.2, -0.15) is 17.7 Å². The maximum Gasteiger partial charge on any atom is 0.0663 e. The van der Waals surface area contributed by atoms with Crippen LogP contribution in [-0.2, 0) is 11.3 Å². The number of hydrogen-bond donors (Lipinski definition) is 1. The average molecular weight is 200 g/mol. The molecule has 0 amide bonds. The predicted octanol–water partition coefficient (Wildman–Crippen LogP) is 1.45. The molecule has 0 saturated carbocycles. The van der Waals surface area contributed by atoms with Crippen LogP contribution < -0.4 is 0 Å². The van der Waals surface area contributed by atoms with Gasteiger partial charge < -0.3 is 4.74 Å². The molecule has 0 atom stereocenters. The molecule has 0 aliphatic carbocycles. The Kier molecular flexibility index (Phi) is 4.32. The van der Waals surface area contributed by atoms with E-state index in [1.165, 1.54) is 5.69 Å². The normalized spacial score (nSPS) is 10.7. The van der Waals surface area contributed by atoms with Crippen molar-refractivity contribution < 1.29 is 4.74 Å². The van der Waals surface area contributed by atoms with Crippen molar-refractivity contribution in [2.75, 3.05) is 19.0 Å². The van der Waals surface area contributed by atoms with Gasteiger partial charge in [-0.1, -0.05) is 0 Å². The molecule has 13 heavy (non-hydrogen) atoms. The highest BCUT2D eigenvalue weighted by molar-refractivity contribution is 7.80. The summed E-state index contributed by atoms with van der Waals surface area (Å²) in [4.78, 5) is 0. The first-order valence-corrected chi connectivity index (χ1v) is 5.07. The lowest BCUT2D eigenvalue weighted by atomic mass is 10.4. The standard InChI is InChI=1S/C9H16N2OS/c1-8-7-9(2)11(10-8)3-4-12-5-6-13/h7,13H,3-6H2,1-2H3. The van der Waals surface area contributed by atoms with E-state index >= 15 is 0 Å². The quantitative estimate of drug-likeness (QED) is 0.575. The monoisotopic (exact) mass is 200 g/mol. The second-order valence-electron chi connectivity index (χ2n) is 2.99. The molecule has 0 aromatic carbocycles. The van der Waals surface area contributed by atoms with Crippen LogP contribution in [0.5, 0.6) is 0 Å². The van der Waals surface area contributed by atoms with Gasteiger partial charge >= 0.3 is 0 Å². The van der Waals surface area contributed by atoms with Gasteiger partial charge in [-0.25, -0.2) is 0 Å². The average Bonchev–Trinajstić information content (AvgIpc) is 2.39. The molecule has 1 aromatic heterocycles. The summed E-state index contributed by atoms with van der Waals surface area (Å²) < 4.78 is 7.28. The van der Waals surface area contributed by atoms with Crippen molar-refractivity contribution in [1.82, 2.24) is 9.78 Å². The van der Waals surface area contributed by atoms with Crippen LogP contribution in [0.3, 0.4) is 0 Å². The van der Waals surface area contributed by atoms with Crippen LogP contribution in [0.25, 0.3) is 0 Å². The predicted molar refractivity (Wildman–Crippen MR) is 56.4 cm³/mol. The summed E-state index contributed by atoms with van der Waals surface area (Å²) in [6.45, 7) is 6.30. The van der Waals surface area contributed by atoms with Gasteiger partial charge in [0.15, 0.2) is 0 Å². The summed E-state index contributed by atoms with van der Waals surface area (Å²) in [5.41, 5.74) is 2.25. The van der Waals surface area contributed by atoms with E-state index < -0.39 is 0 Å². The summed E-state index contributed by atoms with van der Waals surface area (Å²) in [5, 5.41) is 4.33. The number of ether oxygens (including phenoxy) is 1. The lowest BCUT2D eigenvalue weighted by molar-refractivity contribution is 0.138. The Morgan fingerprint density at radius 2 is 2.23 bits per heavy atom. The Labute approximate surface area is 84.5 Å². The van der Waals surface area contributed by atoms with Crippen LogP contribution in [0.4, 0.5) is 0 Å². The van der Waals surface area contributed by atoms with Gasteiger partial charge in [-0.3, -0.25) is 4.68 Å². The zero-order valence-corrected chi connectivity index (χ0v) is 9.05. The highest BCUT2D eigenvalue weighted by Gasteiger charge is 1.99. The van der Waals surface area contributed by atoms with E-state index in [1.807, 2.05) is 11.6 Å². The molecule has 0 spiro atoms. The fraction of sp³-hybridized carbons (Fsp3) is 0.667. The third-order valence-electron chi connectivity index (χ3n) is 1.79. The van der Waals surface area contributed by atoms with Crippen LogP contribution >= 0.6 is 12.6 Å². The first kappa shape index (κ1) is 10.6. The molecule has 74 valence electrons. The zero-order chi connectivity index (χ0) is 9.68. The number of hydrogen-bond acceptors (Lipinski definition) is 3. The molecule has 0 radical (unpaired) electrons. The molecule has 0 saturated heterocycles. The summed E-state index contributed by atoms with van der Waals surface area (Å²) in [5.74, 6) is 0.775. The summed E-state index contributed by atoms with van der Waals surface area (Å²) in [6, 6.07) is 2.07. The Morgan fingerprint density at radius 3 is 2.77 bits per heavy atom. The Bertz CT molecular complexity index is 260. The van der Waals surface area contributed by atoms with Crippen molar-refractivity contribution >= 4 is 12.6 Å². The van der Waals surface area contributed by atoms with E-state index in [9.17, 15) is 0 Å². The maximum absolute atomic E-state index is 5.31. The number of aromatic nitrogens is 2. The zero-order valence-electron chi connectivity index (χ0n) is 8.16. The SMILES string of the molecule is Cc1cc(C)n(CCOCCS)n1. The molecular formula is C9H16N2OS. The van der Waals surface area contributed by atoms with Crippen molar-refractivity contribution in [2.24, 2.45) is 0 Å². The minimum Gasteiger partial charge on any atom is -0.379 e. The Morgan fingerprint density at radius 1 is 1.46 bits per heavy atom. The topological polar surface area (TPSA) is 27.1 Å². The highest BCUT2D eigenvalue weighted by Crippen LogP contribution is 2.00. The maximum atomic E-state index is 5.31. The first-order valence-electron chi connectivity index (χ1n) is 4.43. The second-order valence-corrected chi connectivity index (χ2v) is 3.43. The van der Waals surface area contributed by atoms with Gasteiger partial charge in [0.05, 0.1) is 25.5 Å². The molecule has 0 fully saturated rings.